The topological polar surface area (TPSA) is 80.5 Å². The number of fused-ring (bicyclic) bond motifs is 1. The third-order valence-electron chi connectivity index (χ3n) is 4.18. The van der Waals surface area contributed by atoms with Gasteiger partial charge in [0.2, 0.25) is 15.9 Å². The number of halogens is 1. The van der Waals surface area contributed by atoms with Gasteiger partial charge in [-0.3, -0.25) is 4.79 Å². The summed E-state index contributed by atoms with van der Waals surface area (Å²) in [6, 6.07) is 9.79. The zero-order valence-electron chi connectivity index (χ0n) is 13.1. The van der Waals surface area contributed by atoms with Gasteiger partial charge in [0.15, 0.2) is 0 Å². The van der Waals surface area contributed by atoms with Gasteiger partial charge in [0.25, 0.3) is 0 Å². The molecule has 1 atom stereocenters. The number of hydrogen-bond acceptors (Lipinski definition) is 3. The molecule has 0 fully saturated rings. The number of nitrogens with two attached hydrogens (primary N) is 1. The monoisotopic (exact) mass is 348 g/mol. The zero-order valence-corrected chi connectivity index (χ0v) is 13.9. The molecule has 0 spiro atoms. The van der Waals surface area contributed by atoms with E-state index >= 15 is 0 Å². The molecular formula is C17H17FN2O3S. The molecule has 24 heavy (non-hydrogen) atoms. The summed E-state index contributed by atoms with van der Waals surface area (Å²) >= 11 is 0. The fraction of sp³-hybridized carbons (Fsp3) is 0.235. The summed E-state index contributed by atoms with van der Waals surface area (Å²) in [5.74, 6) is -1.62. The number of sulfonamides is 1. The van der Waals surface area contributed by atoms with E-state index in [1.807, 2.05) is 12.1 Å². The summed E-state index contributed by atoms with van der Waals surface area (Å²) < 4.78 is 41.0. The Balaban J connectivity index is 2.14. The maximum atomic E-state index is 14.1. The molecule has 0 radical (unpaired) electrons. The minimum absolute atomic E-state index is 0.0698. The van der Waals surface area contributed by atoms with Crippen molar-refractivity contribution in [2.45, 2.75) is 24.3 Å². The van der Waals surface area contributed by atoms with E-state index in [0.29, 0.717) is 17.5 Å². The van der Waals surface area contributed by atoms with Crippen molar-refractivity contribution in [3.8, 4) is 0 Å². The number of rotatable bonds is 3. The van der Waals surface area contributed by atoms with E-state index in [0.717, 1.165) is 15.9 Å². The minimum Gasteiger partial charge on any atom is -0.368 e. The molecule has 1 aliphatic heterocycles. The molecule has 0 aromatic heterocycles. The van der Waals surface area contributed by atoms with Crippen molar-refractivity contribution in [1.29, 1.82) is 0 Å². The van der Waals surface area contributed by atoms with Crippen LogP contribution in [0, 0.1) is 12.7 Å². The van der Waals surface area contributed by atoms with Crippen molar-refractivity contribution < 1.29 is 17.6 Å². The molecule has 2 aromatic carbocycles. The summed E-state index contributed by atoms with van der Waals surface area (Å²) in [4.78, 5) is 11.5. The van der Waals surface area contributed by atoms with E-state index in [1.54, 1.807) is 19.1 Å². The lowest BCUT2D eigenvalue weighted by Gasteiger charge is -2.34. The third kappa shape index (κ3) is 2.70. The summed E-state index contributed by atoms with van der Waals surface area (Å²) in [6.45, 7) is 1.75. The first-order valence-electron chi connectivity index (χ1n) is 7.47. The van der Waals surface area contributed by atoms with Gasteiger partial charge in [0.05, 0.1) is 0 Å². The normalized spacial score (nSPS) is 18.2. The fourth-order valence-corrected chi connectivity index (χ4v) is 4.76. The average Bonchev–Trinajstić information content (AvgIpc) is 2.55. The molecule has 2 N–H and O–H groups in total. The Hall–Kier alpha value is -2.25. The number of carbonyl (C=O) groups is 1. The number of nitrogens with zero attached hydrogens (tertiary/aromatic N) is 1. The molecule has 3 rings (SSSR count). The Morgan fingerprint density at radius 3 is 2.67 bits per heavy atom. The number of primary amides is 1. The van der Waals surface area contributed by atoms with Crippen LogP contribution in [0.25, 0.3) is 0 Å². The van der Waals surface area contributed by atoms with E-state index in [-0.39, 0.29) is 6.54 Å². The summed E-state index contributed by atoms with van der Waals surface area (Å²) in [5, 5.41) is 0. The van der Waals surface area contributed by atoms with Crippen molar-refractivity contribution in [2.24, 2.45) is 5.73 Å². The van der Waals surface area contributed by atoms with Gasteiger partial charge in [-0.1, -0.05) is 30.3 Å². The lowest BCUT2D eigenvalue weighted by molar-refractivity contribution is -0.122. The lowest BCUT2D eigenvalue weighted by atomic mass is 9.94. The number of carbonyl (C=O) groups excluding carboxylic acids is 1. The first kappa shape index (κ1) is 16.6. The minimum atomic E-state index is -4.19. The fourth-order valence-electron chi connectivity index (χ4n) is 3.03. The molecule has 0 aliphatic carbocycles. The quantitative estimate of drug-likeness (QED) is 0.920. The van der Waals surface area contributed by atoms with E-state index in [4.69, 9.17) is 5.73 Å². The van der Waals surface area contributed by atoms with Gasteiger partial charge in [0.1, 0.15) is 16.8 Å². The first-order chi connectivity index (χ1) is 11.3. The Kier molecular flexibility index (Phi) is 4.15. The van der Waals surface area contributed by atoms with Gasteiger partial charge >= 0.3 is 0 Å². The van der Waals surface area contributed by atoms with Crippen LogP contribution >= 0.6 is 0 Å². The summed E-state index contributed by atoms with van der Waals surface area (Å²) in [7, 11) is -4.19. The van der Waals surface area contributed by atoms with Gasteiger partial charge in [-0.15, -0.1) is 0 Å². The van der Waals surface area contributed by atoms with Crippen molar-refractivity contribution in [1.82, 2.24) is 4.31 Å². The van der Waals surface area contributed by atoms with Crippen LogP contribution in [-0.2, 0) is 21.2 Å². The molecular weight excluding hydrogens is 331 g/mol. The van der Waals surface area contributed by atoms with Gasteiger partial charge < -0.3 is 5.73 Å². The third-order valence-corrected chi connectivity index (χ3v) is 6.06. The number of hydrogen-bond donors (Lipinski definition) is 1. The molecule has 126 valence electrons. The Morgan fingerprint density at radius 1 is 1.25 bits per heavy atom. The largest absolute Gasteiger partial charge is 0.368 e. The zero-order chi connectivity index (χ0) is 17.5. The predicted octanol–water partition coefficient (Wildman–Crippen LogP) is 1.91. The highest BCUT2D eigenvalue weighted by atomic mass is 32.2. The molecule has 1 heterocycles. The number of benzene rings is 2. The second kappa shape index (κ2) is 5.99. The Morgan fingerprint density at radius 2 is 1.96 bits per heavy atom. The van der Waals surface area contributed by atoms with Crippen LogP contribution in [0.1, 0.15) is 22.7 Å². The maximum Gasteiger partial charge on any atom is 0.247 e. The molecule has 0 saturated heterocycles. The van der Waals surface area contributed by atoms with Crippen LogP contribution in [0.3, 0.4) is 0 Å². The van der Waals surface area contributed by atoms with E-state index in [9.17, 15) is 17.6 Å². The first-order valence-corrected chi connectivity index (χ1v) is 8.91. The molecule has 1 amide bonds. The Labute approximate surface area is 139 Å². The standard InChI is InChI=1S/C17H17FN2O3S/c1-11-6-7-14(18)15(10-11)24(22,23)20-9-8-12-4-2-3-5-13(12)16(20)17(19)21/h2-7,10,16H,8-9H2,1H3,(H2,19,21)/t16-/m0/s1. The Bertz CT molecular complexity index is 912. The van der Waals surface area contributed by atoms with Crippen LogP contribution in [0.5, 0.6) is 0 Å². The van der Waals surface area contributed by atoms with E-state index in [1.165, 1.54) is 12.1 Å². The van der Waals surface area contributed by atoms with Crippen LogP contribution in [0.2, 0.25) is 0 Å². The van der Waals surface area contributed by atoms with E-state index < -0.39 is 32.7 Å². The lowest BCUT2D eigenvalue weighted by Crippen LogP contribution is -2.45. The second-order valence-corrected chi connectivity index (χ2v) is 7.66. The number of amides is 1. The predicted molar refractivity (Wildman–Crippen MR) is 87.1 cm³/mol. The molecule has 1 aliphatic rings. The SMILES string of the molecule is Cc1ccc(F)c(S(=O)(=O)N2CCc3ccccc3[C@H]2C(N)=O)c1. The van der Waals surface area contributed by atoms with Crippen LogP contribution in [0.15, 0.2) is 47.4 Å². The smallest absolute Gasteiger partial charge is 0.247 e. The molecule has 2 aromatic rings. The highest BCUT2D eigenvalue weighted by Gasteiger charge is 2.40. The van der Waals surface area contributed by atoms with Crippen LogP contribution < -0.4 is 5.73 Å². The van der Waals surface area contributed by atoms with Crippen LogP contribution in [-0.4, -0.2) is 25.2 Å². The van der Waals surface area contributed by atoms with Crippen molar-refractivity contribution in [3.63, 3.8) is 0 Å². The van der Waals surface area contributed by atoms with Crippen molar-refractivity contribution in [2.75, 3.05) is 6.54 Å². The molecule has 5 nitrogen and oxygen atoms in total. The number of aryl methyl sites for hydroxylation is 1. The summed E-state index contributed by atoms with van der Waals surface area (Å²) in [5.41, 5.74) is 7.51. The van der Waals surface area contributed by atoms with Crippen molar-refractivity contribution >= 4 is 15.9 Å². The van der Waals surface area contributed by atoms with Gasteiger partial charge in [-0.05, 0) is 42.2 Å². The van der Waals surface area contributed by atoms with Gasteiger partial charge in [0, 0.05) is 6.54 Å². The highest BCUT2D eigenvalue weighted by Crippen LogP contribution is 2.34. The maximum absolute atomic E-state index is 14.1. The molecule has 0 bridgehead atoms. The highest BCUT2D eigenvalue weighted by molar-refractivity contribution is 7.89. The van der Waals surface area contributed by atoms with E-state index in [2.05, 4.69) is 0 Å². The molecule has 0 saturated carbocycles. The second-order valence-electron chi connectivity index (χ2n) is 5.80. The van der Waals surface area contributed by atoms with Crippen LogP contribution in [0.4, 0.5) is 4.39 Å². The molecule has 7 heteroatoms. The van der Waals surface area contributed by atoms with Crippen molar-refractivity contribution in [3.05, 3.63) is 65.0 Å². The molecule has 0 unspecified atom stereocenters. The van der Waals surface area contributed by atoms with Gasteiger partial charge in [-0.25, -0.2) is 12.8 Å². The van der Waals surface area contributed by atoms with Gasteiger partial charge in [-0.2, -0.15) is 4.31 Å². The summed E-state index contributed by atoms with van der Waals surface area (Å²) in [6.07, 6.45) is 0.437. The average molecular weight is 348 g/mol.